The van der Waals surface area contributed by atoms with E-state index in [-0.39, 0.29) is 6.29 Å². The monoisotopic (exact) mass is 252 g/mol. The first-order chi connectivity index (χ1) is 8.88. The lowest BCUT2D eigenvalue weighted by Gasteiger charge is -2.23. The van der Waals surface area contributed by atoms with Gasteiger partial charge in [-0.1, -0.05) is 6.07 Å². The van der Waals surface area contributed by atoms with Crippen molar-refractivity contribution in [2.75, 3.05) is 26.4 Å². The number of rotatable bonds is 6. The average molecular weight is 252 g/mol. The van der Waals surface area contributed by atoms with Crippen LogP contribution in [0.1, 0.15) is 19.8 Å². The standard InChI is InChI=1S/C14H20O4/c1-2-15-12-5-3-6-13(11-12)16-10-7-14-17-8-4-9-18-14/h3,5-6,11,14H,2,4,7-10H2,1H3. The summed E-state index contributed by atoms with van der Waals surface area (Å²) in [5.74, 6) is 1.65. The van der Waals surface area contributed by atoms with Gasteiger partial charge in [-0.05, 0) is 25.5 Å². The lowest BCUT2D eigenvalue weighted by atomic mass is 10.3. The first kappa shape index (κ1) is 13.2. The molecule has 0 saturated carbocycles. The van der Waals surface area contributed by atoms with Gasteiger partial charge in [-0.15, -0.1) is 0 Å². The topological polar surface area (TPSA) is 36.9 Å². The third-order valence-corrected chi connectivity index (χ3v) is 2.63. The molecule has 4 heteroatoms. The van der Waals surface area contributed by atoms with E-state index in [0.29, 0.717) is 13.2 Å². The first-order valence-corrected chi connectivity index (χ1v) is 6.47. The van der Waals surface area contributed by atoms with Crippen molar-refractivity contribution in [3.8, 4) is 11.5 Å². The van der Waals surface area contributed by atoms with Crippen LogP contribution in [0.4, 0.5) is 0 Å². The molecule has 0 amide bonds. The summed E-state index contributed by atoms with van der Waals surface area (Å²) in [6.45, 7) is 4.77. The van der Waals surface area contributed by atoms with Crippen LogP contribution >= 0.6 is 0 Å². The predicted octanol–water partition coefficient (Wildman–Crippen LogP) is 2.62. The maximum absolute atomic E-state index is 5.66. The summed E-state index contributed by atoms with van der Waals surface area (Å²) in [5.41, 5.74) is 0. The van der Waals surface area contributed by atoms with Crippen molar-refractivity contribution in [3.63, 3.8) is 0 Å². The molecule has 1 aromatic carbocycles. The van der Waals surface area contributed by atoms with Gasteiger partial charge < -0.3 is 18.9 Å². The van der Waals surface area contributed by atoms with Crippen LogP contribution in [0.2, 0.25) is 0 Å². The van der Waals surface area contributed by atoms with Crippen LogP contribution in [-0.4, -0.2) is 32.7 Å². The van der Waals surface area contributed by atoms with Crippen molar-refractivity contribution in [3.05, 3.63) is 24.3 Å². The molecule has 0 aliphatic carbocycles. The molecule has 0 radical (unpaired) electrons. The number of ether oxygens (including phenoxy) is 4. The fraction of sp³-hybridized carbons (Fsp3) is 0.571. The SMILES string of the molecule is CCOc1cccc(OCCC2OCCCO2)c1. The molecule has 1 aliphatic rings. The smallest absolute Gasteiger partial charge is 0.160 e. The van der Waals surface area contributed by atoms with Gasteiger partial charge in [-0.3, -0.25) is 0 Å². The minimum Gasteiger partial charge on any atom is -0.494 e. The van der Waals surface area contributed by atoms with Gasteiger partial charge in [0.05, 0.1) is 26.4 Å². The highest BCUT2D eigenvalue weighted by Gasteiger charge is 2.13. The molecule has 18 heavy (non-hydrogen) atoms. The van der Waals surface area contributed by atoms with Crippen LogP contribution in [0.5, 0.6) is 11.5 Å². The molecule has 1 aromatic rings. The van der Waals surface area contributed by atoms with Gasteiger partial charge in [0.15, 0.2) is 6.29 Å². The van der Waals surface area contributed by atoms with Crippen LogP contribution in [-0.2, 0) is 9.47 Å². The molecular weight excluding hydrogens is 232 g/mol. The van der Waals surface area contributed by atoms with Crippen LogP contribution in [0, 0.1) is 0 Å². The van der Waals surface area contributed by atoms with E-state index in [4.69, 9.17) is 18.9 Å². The number of benzene rings is 1. The lowest BCUT2D eigenvalue weighted by molar-refractivity contribution is -0.183. The Morgan fingerprint density at radius 2 is 1.89 bits per heavy atom. The molecule has 1 aliphatic heterocycles. The Bertz CT molecular complexity index is 347. The van der Waals surface area contributed by atoms with E-state index in [2.05, 4.69) is 0 Å². The lowest BCUT2D eigenvalue weighted by Crippen LogP contribution is -2.26. The zero-order valence-electron chi connectivity index (χ0n) is 10.8. The summed E-state index contributed by atoms with van der Waals surface area (Å²) in [6.07, 6.45) is 1.61. The summed E-state index contributed by atoms with van der Waals surface area (Å²) in [6, 6.07) is 7.66. The average Bonchev–Trinajstić information content (AvgIpc) is 2.41. The van der Waals surface area contributed by atoms with Crippen molar-refractivity contribution in [2.45, 2.75) is 26.1 Å². The Balaban J connectivity index is 1.73. The van der Waals surface area contributed by atoms with Crippen molar-refractivity contribution in [1.29, 1.82) is 0 Å². The third-order valence-electron chi connectivity index (χ3n) is 2.63. The summed E-state index contributed by atoms with van der Waals surface area (Å²) < 4.78 is 22.0. The molecule has 0 spiro atoms. The minimum atomic E-state index is -0.117. The van der Waals surface area contributed by atoms with Gasteiger partial charge in [0.1, 0.15) is 11.5 Å². The molecule has 2 rings (SSSR count). The first-order valence-electron chi connectivity index (χ1n) is 6.47. The van der Waals surface area contributed by atoms with Crippen molar-refractivity contribution in [2.24, 2.45) is 0 Å². The van der Waals surface area contributed by atoms with Gasteiger partial charge in [0.25, 0.3) is 0 Å². The molecule has 1 saturated heterocycles. The molecule has 4 nitrogen and oxygen atoms in total. The van der Waals surface area contributed by atoms with Crippen LogP contribution in [0.15, 0.2) is 24.3 Å². The largest absolute Gasteiger partial charge is 0.494 e. The van der Waals surface area contributed by atoms with Crippen LogP contribution in [0.3, 0.4) is 0 Å². The molecular formula is C14H20O4. The molecule has 100 valence electrons. The molecule has 1 heterocycles. The molecule has 0 N–H and O–H groups in total. The van der Waals surface area contributed by atoms with Gasteiger partial charge in [0.2, 0.25) is 0 Å². The highest BCUT2D eigenvalue weighted by atomic mass is 16.7. The van der Waals surface area contributed by atoms with E-state index in [1.165, 1.54) is 0 Å². The number of hydrogen-bond acceptors (Lipinski definition) is 4. The van der Waals surface area contributed by atoms with Gasteiger partial charge in [-0.2, -0.15) is 0 Å². The summed E-state index contributed by atoms with van der Waals surface area (Å²) in [4.78, 5) is 0. The molecule has 0 aromatic heterocycles. The normalized spacial score (nSPS) is 16.5. The second-order valence-corrected chi connectivity index (χ2v) is 4.07. The van der Waals surface area contributed by atoms with E-state index in [1.807, 2.05) is 31.2 Å². The van der Waals surface area contributed by atoms with Crippen molar-refractivity contribution in [1.82, 2.24) is 0 Å². The minimum absolute atomic E-state index is 0.117. The van der Waals surface area contributed by atoms with Crippen LogP contribution in [0.25, 0.3) is 0 Å². The maximum Gasteiger partial charge on any atom is 0.160 e. The second kappa shape index (κ2) is 7.24. The Morgan fingerprint density at radius 1 is 1.17 bits per heavy atom. The maximum atomic E-state index is 5.66. The highest BCUT2D eigenvalue weighted by Crippen LogP contribution is 2.20. The van der Waals surface area contributed by atoms with E-state index in [9.17, 15) is 0 Å². The summed E-state index contributed by atoms with van der Waals surface area (Å²) in [5, 5.41) is 0. The Morgan fingerprint density at radius 3 is 2.61 bits per heavy atom. The Kier molecular flexibility index (Phi) is 5.30. The summed E-state index contributed by atoms with van der Waals surface area (Å²) in [7, 11) is 0. The third kappa shape index (κ3) is 4.20. The molecule has 1 fully saturated rings. The molecule has 0 atom stereocenters. The van der Waals surface area contributed by atoms with Gasteiger partial charge >= 0.3 is 0 Å². The highest BCUT2D eigenvalue weighted by molar-refractivity contribution is 5.32. The Labute approximate surface area is 108 Å². The fourth-order valence-electron chi connectivity index (χ4n) is 1.80. The van der Waals surface area contributed by atoms with E-state index in [0.717, 1.165) is 37.6 Å². The van der Waals surface area contributed by atoms with Crippen molar-refractivity contribution < 1.29 is 18.9 Å². The zero-order chi connectivity index (χ0) is 12.6. The van der Waals surface area contributed by atoms with E-state index < -0.39 is 0 Å². The number of hydrogen-bond donors (Lipinski definition) is 0. The quantitative estimate of drug-likeness (QED) is 0.780. The summed E-state index contributed by atoms with van der Waals surface area (Å²) >= 11 is 0. The van der Waals surface area contributed by atoms with Gasteiger partial charge in [-0.25, -0.2) is 0 Å². The zero-order valence-corrected chi connectivity index (χ0v) is 10.8. The van der Waals surface area contributed by atoms with E-state index in [1.54, 1.807) is 0 Å². The predicted molar refractivity (Wildman–Crippen MR) is 68.0 cm³/mol. The van der Waals surface area contributed by atoms with Crippen LogP contribution < -0.4 is 9.47 Å². The second-order valence-electron chi connectivity index (χ2n) is 4.07. The fourth-order valence-corrected chi connectivity index (χ4v) is 1.80. The van der Waals surface area contributed by atoms with E-state index >= 15 is 0 Å². The molecule has 0 unspecified atom stereocenters. The van der Waals surface area contributed by atoms with Gasteiger partial charge in [0, 0.05) is 12.5 Å². The Hall–Kier alpha value is -1.26. The molecule has 0 bridgehead atoms. The van der Waals surface area contributed by atoms with Crippen molar-refractivity contribution >= 4 is 0 Å².